The molecule has 0 aliphatic carbocycles. The minimum absolute atomic E-state index is 0.00250. The van der Waals surface area contributed by atoms with Crippen molar-refractivity contribution >= 4 is 11.9 Å². The Labute approximate surface area is 227 Å². The number of carboxylic acid groups (broad SMARTS) is 1. The van der Waals surface area contributed by atoms with Crippen LogP contribution in [0, 0.1) is 0 Å². The van der Waals surface area contributed by atoms with Crippen molar-refractivity contribution in [2.45, 2.75) is 45.9 Å². The Morgan fingerprint density at radius 1 is 0.872 bits per heavy atom. The molecule has 0 bridgehead atoms. The first kappa shape index (κ1) is 26.6. The van der Waals surface area contributed by atoms with Gasteiger partial charge in [0.15, 0.2) is 5.69 Å². The van der Waals surface area contributed by atoms with Gasteiger partial charge in [-0.1, -0.05) is 32.0 Å². The van der Waals surface area contributed by atoms with Gasteiger partial charge in [0.2, 0.25) is 0 Å². The molecule has 10 heteroatoms. The van der Waals surface area contributed by atoms with Crippen molar-refractivity contribution in [2.75, 3.05) is 26.2 Å². The predicted molar refractivity (Wildman–Crippen MR) is 143 cm³/mol. The molecule has 2 aromatic carbocycles. The number of nitrogens with zero attached hydrogens (tertiary/aromatic N) is 5. The van der Waals surface area contributed by atoms with Crippen LogP contribution in [0.25, 0.3) is 0 Å². The summed E-state index contributed by atoms with van der Waals surface area (Å²) in [5.74, 6) is -1.51. The van der Waals surface area contributed by atoms with E-state index in [0.717, 1.165) is 49.5 Å². The largest absolute Gasteiger partial charge is 0.508 e. The maximum Gasteiger partial charge on any atom is 0.356 e. The van der Waals surface area contributed by atoms with Crippen molar-refractivity contribution in [1.82, 2.24) is 24.7 Å². The molecule has 0 atom stereocenters. The van der Waals surface area contributed by atoms with Gasteiger partial charge in [0.1, 0.15) is 11.5 Å². The SMILES string of the molecule is CC(C)c1cc(C(=O)N2Cc3ccc(CN4CCN(Cc5cnc(C(=O)O)cn5)CC4)cc3C2)c(O)cc1O. The Bertz CT molecular complexity index is 1380. The van der Waals surface area contributed by atoms with Crippen LogP contribution in [0.2, 0.25) is 0 Å². The number of hydrogen-bond donors (Lipinski definition) is 3. The lowest BCUT2D eigenvalue weighted by Gasteiger charge is -2.34. The van der Waals surface area contributed by atoms with Crippen LogP contribution in [-0.2, 0) is 26.2 Å². The summed E-state index contributed by atoms with van der Waals surface area (Å²) in [6.45, 7) is 9.86. The number of carbonyl (C=O) groups is 2. The molecule has 0 spiro atoms. The van der Waals surface area contributed by atoms with Crippen LogP contribution in [0.4, 0.5) is 0 Å². The highest BCUT2D eigenvalue weighted by Crippen LogP contribution is 2.34. The molecule has 1 amide bonds. The van der Waals surface area contributed by atoms with Crippen LogP contribution in [0.1, 0.15) is 68.6 Å². The molecule has 0 radical (unpaired) electrons. The zero-order chi connectivity index (χ0) is 27.7. The number of aromatic nitrogens is 2. The summed E-state index contributed by atoms with van der Waals surface area (Å²) in [6.07, 6.45) is 2.83. The second-order valence-electron chi connectivity index (χ2n) is 10.6. The van der Waals surface area contributed by atoms with E-state index in [4.69, 9.17) is 5.11 Å². The summed E-state index contributed by atoms with van der Waals surface area (Å²) in [4.78, 5) is 38.8. The van der Waals surface area contributed by atoms with E-state index in [1.165, 1.54) is 24.0 Å². The van der Waals surface area contributed by atoms with E-state index in [9.17, 15) is 19.8 Å². The van der Waals surface area contributed by atoms with Gasteiger partial charge in [-0.05, 0) is 34.2 Å². The number of amides is 1. The molecular formula is C29H33N5O5. The van der Waals surface area contributed by atoms with Crippen LogP contribution in [0.3, 0.4) is 0 Å². The Kier molecular flexibility index (Phi) is 7.49. The Morgan fingerprint density at radius 2 is 1.56 bits per heavy atom. The molecule has 2 aliphatic heterocycles. The molecule has 1 fully saturated rings. The molecule has 3 N–H and O–H groups in total. The van der Waals surface area contributed by atoms with Gasteiger partial charge >= 0.3 is 5.97 Å². The number of phenols is 2. The Balaban J connectivity index is 1.16. The zero-order valence-electron chi connectivity index (χ0n) is 22.2. The third kappa shape index (κ3) is 5.86. The van der Waals surface area contributed by atoms with Crippen LogP contribution < -0.4 is 0 Å². The van der Waals surface area contributed by atoms with E-state index in [1.807, 2.05) is 13.8 Å². The minimum Gasteiger partial charge on any atom is -0.508 e. The quantitative estimate of drug-likeness (QED) is 0.421. The van der Waals surface area contributed by atoms with Gasteiger partial charge in [0.25, 0.3) is 5.91 Å². The molecule has 0 saturated carbocycles. The van der Waals surface area contributed by atoms with Crippen molar-refractivity contribution < 1.29 is 24.9 Å². The number of carboxylic acids is 1. The van der Waals surface area contributed by atoms with E-state index >= 15 is 0 Å². The fraction of sp³-hybridized carbons (Fsp3) is 0.379. The lowest BCUT2D eigenvalue weighted by Crippen LogP contribution is -2.45. The van der Waals surface area contributed by atoms with E-state index in [0.29, 0.717) is 25.2 Å². The molecule has 1 saturated heterocycles. The van der Waals surface area contributed by atoms with E-state index in [2.05, 4.69) is 38.0 Å². The van der Waals surface area contributed by atoms with E-state index < -0.39 is 5.97 Å². The number of benzene rings is 2. The number of phenolic OH excluding ortho intramolecular Hbond substituents is 2. The first-order valence-corrected chi connectivity index (χ1v) is 13.1. The number of aromatic hydroxyl groups is 2. The van der Waals surface area contributed by atoms with Crippen molar-refractivity contribution in [2.24, 2.45) is 0 Å². The minimum atomic E-state index is -1.08. The first-order valence-electron chi connectivity index (χ1n) is 13.1. The van der Waals surface area contributed by atoms with Gasteiger partial charge in [-0.15, -0.1) is 0 Å². The lowest BCUT2D eigenvalue weighted by molar-refractivity contribution is 0.0688. The van der Waals surface area contributed by atoms with Crippen molar-refractivity contribution in [3.63, 3.8) is 0 Å². The van der Waals surface area contributed by atoms with Crippen LogP contribution >= 0.6 is 0 Å². The first-order chi connectivity index (χ1) is 18.7. The number of piperazine rings is 1. The number of fused-ring (bicyclic) bond motifs is 1. The zero-order valence-corrected chi connectivity index (χ0v) is 22.2. The van der Waals surface area contributed by atoms with Crippen LogP contribution in [0.5, 0.6) is 11.5 Å². The molecule has 1 aromatic heterocycles. The average Bonchev–Trinajstić information content (AvgIpc) is 3.33. The smallest absolute Gasteiger partial charge is 0.356 e. The normalized spacial score (nSPS) is 16.0. The fourth-order valence-corrected chi connectivity index (χ4v) is 5.23. The summed E-state index contributed by atoms with van der Waals surface area (Å²) < 4.78 is 0. The molecule has 39 heavy (non-hydrogen) atoms. The van der Waals surface area contributed by atoms with Gasteiger partial charge in [0, 0.05) is 58.4 Å². The molecule has 204 valence electrons. The third-order valence-corrected chi connectivity index (χ3v) is 7.46. The number of carbonyl (C=O) groups excluding carboxylic acids is 1. The summed E-state index contributed by atoms with van der Waals surface area (Å²) in [5, 5.41) is 29.5. The van der Waals surface area contributed by atoms with E-state index in [1.54, 1.807) is 11.0 Å². The summed E-state index contributed by atoms with van der Waals surface area (Å²) >= 11 is 0. The second-order valence-corrected chi connectivity index (χ2v) is 10.6. The van der Waals surface area contributed by atoms with Gasteiger partial charge < -0.3 is 20.2 Å². The maximum absolute atomic E-state index is 13.3. The van der Waals surface area contributed by atoms with Crippen molar-refractivity contribution in [1.29, 1.82) is 0 Å². The molecule has 5 rings (SSSR count). The summed E-state index contributed by atoms with van der Waals surface area (Å²) in [6, 6.07) is 9.23. The van der Waals surface area contributed by atoms with Gasteiger partial charge in [-0.2, -0.15) is 0 Å². The summed E-state index contributed by atoms with van der Waals surface area (Å²) in [7, 11) is 0. The van der Waals surface area contributed by atoms with Gasteiger partial charge in [-0.3, -0.25) is 19.6 Å². The number of rotatable bonds is 7. The number of aromatic carboxylic acids is 1. The standard InChI is InChI=1S/C29H33N5O5/c1-18(2)23-10-24(27(36)11-26(23)35)28(37)34-15-20-4-3-19(9-21(20)16-34)14-32-5-7-33(8-6-32)17-22-12-31-25(13-30-22)29(38)39/h3-4,9-13,18,35-36H,5-8,14-17H2,1-2H3,(H,38,39). The van der Waals surface area contributed by atoms with Crippen molar-refractivity contribution in [3.05, 3.63) is 81.9 Å². The van der Waals surface area contributed by atoms with Crippen molar-refractivity contribution in [3.8, 4) is 11.5 Å². The third-order valence-electron chi connectivity index (χ3n) is 7.46. The molecule has 3 heterocycles. The second kappa shape index (κ2) is 11.0. The molecule has 2 aliphatic rings. The molecule has 3 aromatic rings. The van der Waals surface area contributed by atoms with Gasteiger partial charge in [-0.25, -0.2) is 9.78 Å². The maximum atomic E-state index is 13.3. The number of hydrogen-bond acceptors (Lipinski definition) is 8. The lowest BCUT2D eigenvalue weighted by atomic mass is 9.98. The van der Waals surface area contributed by atoms with E-state index in [-0.39, 0.29) is 34.6 Å². The van der Waals surface area contributed by atoms with Gasteiger partial charge in [0.05, 0.1) is 23.7 Å². The Morgan fingerprint density at radius 3 is 2.21 bits per heavy atom. The predicted octanol–water partition coefficient (Wildman–Crippen LogP) is 3.18. The highest BCUT2D eigenvalue weighted by molar-refractivity contribution is 5.97. The van der Waals surface area contributed by atoms with Crippen LogP contribution in [-0.4, -0.2) is 78.0 Å². The average molecular weight is 532 g/mol. The molecular weight excluding hydrogens is 498 g/mol. The Hall–Kier alpha value is -4.02. The summed E-state index contributed by atoms with van der Waals surface area (Å²) in [5.41, 5.74) is 4.97. The molecule has 10 nitrogen and oxygen atoms in total. The fourth-order valence-electron chi connectivity index (χ4n) is 5.23. The topological polar surface area (TPSA) is 130 Å². The van der Waals surface area contributed by atoms with Crippen LogP contribution in [0.15, 0.2) is 42.7 Å². The monoisotopic (exact) mass is 531 g/mol. The molecule has 0 unspecified atom stereocenters. The highest BCUT2D eigenvalue weighted by Gasteiger charge is 2.28. The highest BCUT2D eigenvalue weighted by atomic mass is 16.4.